The first kappa shape index (κ1) is 19.9. The molecule has 3 saturated carbocycles. The normalized spacial score (nSPS) is 28.8. The van der Waals surface area contributed by atoms with Gasteiger partial charge in [0, 0.05) is 6.04 Å². The minimum Gasteiger partial charge on any atom is -0.424 e. The van der Waals surface area contributed by atoms with Crippen molar-refractivity contribution in [3.05, 3.63) is 60.7 Å². The summed E-state index contributed by atoms with van der Waals surface area (Å²) < 4.78 is 0. The average molecular weight is 394 g/mol. The zero-order chi connectivity index (χ0) is 20.2. The molecule has 2 nitrogen and oxygen atoms in total. The van der Waals surface area contributed by atoms with Gasteiger partial charge in [-0.05, 0) is 57.8 Å². The molecule has 0 aromatic heterocycles. The number of benzene rings is 2. The molecule has 3 fully saturated rings. The Morgan fingerprint density at radius 3 is 1.86 bits per heavy atom. The molecule has 4 unspecified atom stereocenters. The molecule has 28 heavy (non-hydrogen) atoms. The van der Waals surface area contributed by atoms with E-state index < -0.39 is 8.32 Å². The largest absolute Gasteiger partial charge is 0.424 e. The van der Waals surface area contributed by atoms with Gasteiger partial charge in [0.15, 0.2) is 0 Å². The minimum absolute atomic E-state index is 0.174. The van der Waals surface area contributed by atoms with Crippen LogP contribution in [0.15, 0.2) is 60.7 Å². The Morgan fingerprint density at radius 2 is 1.46 bits per heavy atom. The third-order valence-corrected chi connectivity index (χ3v) is 12.9. The fraction of sp³-hybridized carbons (Fsp3) is 0.520. The first-order valence-electron chi connectivity index (χ1n) is 10.8. The van der Waals surface area contributed by atoms with Crippen LogP contribution < -0.4 is 16.1 Å². The van der Waals surface area contributed by atoms with Crippen molar-refractivity contribution in [2.24, 2.45) is 28.9 Å². The average Bonchev–Trinajstić information content (AvgIpc) is 3.14. The summed E-state index contributed by atoms with van der Waals surface area (Å²) in [6.07, 6.45) is 3.43. The Labute approximate surface area is 171 Å². The van der Waals surface area contributed by atoms with Crippen LogP contribution in [0.25, 0.3) is 0 Å². The van der Waals surface area contributed by atoms with Crippen molar-refractivity contribution >= 4 is 18.7 Å². The second kappa shape index (κ2) is 6.83. The van der Waals surface area contributed by atoms with Crippen LogP contribution in [-0.2, 0) is 0 Å². The van der Waals surface area contributed by atoms with Crippen molar-refractivity contribution in [3.63, 3.8) is 0 Å². The molecular weight excluding hydrogens is 358 g/mol. The highest BCUT2D eigenvalue weighted by molar-refractivity contribution is 6.98. The molecule has 0 radical (unpaired) electrons. The highest BCUT2D eigenvalue weighted by Crippen LogP contribution is 2.65. The van der Waals surface area contributed by atoms with Gasteiger partial charge >= 0.3 is 0 Å². The lowest BCUT2D eigenvalue weighted by Crippen LogP contribution is -2.65. The van der Waals surface area contributed by atoms with Gasteiger partial charge in [-0.25, -0.2) is 0 Å². The van der Waals surface area contributed by atoms with Gasteiger partial charge in [-0.3, -0.25) is 0 Å². The fourth-order valence-electron chi connectivity index (χ4n) is 6.35. The molecule has 3 heteroatoms. The number of hydrogen-bond acceptors (Lipinski definition) is 2. The van der Waals surface area contributed by atoms with E-state index in [4.69, 9.17) is 5.73 Å². The lowest BCUT2D eigenvalue weighted by Gasteiger charge is -2.46. The first-order chi connectivity index (χ1) is 13.2. The molecule has 2 aromatic rings. The van der Waals surface area contributed by atoms with Gasteiger partial charge in [-0.15, -0.1) is 0 Å². The zero-order valence-corrected chi connectivity index (χ0v) is 18.7. The molecule has 2 aromatic carbocycles. The van der Waals surface area contributed by atoms with E-state index in [1.165, 1.54) is 6.42 Å². The molecule has 0 spiro atoms. The zero-order valence-electron chi connectivity index (χ0n) is 17.7. The standard InChI is InChI=1S/C25H35NOSi/c1-24(2,16-15-20-21-17-22(23(20)26)25(21,3)4)28(27,18-11-7-5-8-12-18)19-13-9-6-10-14-19/h5-14,20-23,27H,15-17,26H2,1-4H3. The highest BCUT2D eigenvalue weighted by Gasteiger charge is 2.62. The van der Waals surface area contributed by atoms with Crippen LogP contribution in [0, 0.1) is 23.2 Å². The minimum atomic E-state index is -2.91. The van der Waals surface area contributed by atoms with E-state index in [0.29, 0.717) is 23.3 Å². The van der Waals surface area contributed by atoms with Crippen LogP contribution in [0.4, 0.5) is 0 Å². The molecule has 0 saturated heterocycles. The van der Waals surface area contributed by atoms with E-state index in [9.17, 15) is 4.80 Å². The Kier molecular flexibility index (Phi) is 4.84. The highest BCUT2D eigenvalue weighted by atomic mass is 28.4. The molecule has 3 aliphatic rings. The smallest absolute Gasteiger partial charge is 0.258 e. The van der Waals surface area contributed by atoms with Gasteiger partial charge in [0.2, 0.25) is 0 Å². The maximum absolute atomic E-state index is 12.3. The predicted molar refractivity (Wildman–Crippen MR) is 120 cm³/mol. The number of fused-ring (bicyclic) bond motifs is 1. The van der Waals surface area contributed by atoms with Gasteiger partial charge in [0.25, 0.3) is 8.32 Å². The van der Waals surface area contributed by atoms with Crippen LogP contribution in [0.2, 0.25) is 5.04 Å². The molecule has 3 N–H and O–H groups in total. The van der Waals surface area contributed by atoms with Gasteiger partial charge in [-0.2, -0.15) is 0 Å². The summed E-state index contributed by atoms with van der Waals surface area (Å²) in [7, 11) is -2.91. The van der Waals surface area contributed by atoms with Gasteiger partial charge < -0.3 is 10.5 Å². The van der Waals surface area contributed by atoms with E-state index >= 15 is 0 Å². The molecule has 150 valence electrons. The number of hydrogen-bond donors (Lipinski definition) is 2. The summed E-state index contributed by atoms with van der Waals surface area (Å²) in [4.78, 5) is 12.3. The fourth-order valence-corrected chi connectivity index (χ4v) is 10.1. The van der Waals surface area contributed by atoms with Crippen molar-refractivity contribution in [2.45, 2.75) is 58.0 Å². The van der Waals surface area contributed by atoms with Crippen LogP contribution in [0.5, 0.6) is 0 Å². The van der Waals surface area contributed by atoms with Crippen molar-refractivity contribution in [2.75, 3.05) is 0 Å². The molecule has 0 aliphatic heterocycles. The maximum atomic E-state index is 12.3. The lowest BCUT2D eigenvalue weighted by molar-refractivity contribution is 0.0348. The lowest BCUT2D eigenvalue weighted by atomic mass is 9.59. The van der Waals surface area contributed by atoms with Crippen LogP contribution in [-0.4, -0.2) is 19.2 Å². The summed E-state index contributed by atoms with van der Waals surface area (Å²) >= 11 is 0. The summed E-state index contributed by atoms with van der Waals surface area (Å²) in [5, 5.41) is 2.03. The maximum Gasteiger partial charge on any atom is 0.258 e. The van der Waals surface area contributed by atoms with Gasteiger partial charge in [0.05, 0.1) is 0 Å². The molecule has 0 heterocycles. The van der Waals surface area contributed by atoms with Crippen molar-refractivity contribution in [1.29, 1.82) is 0 Å². The Balaban J connectivity index is 1.63. The predicted octanol–water partition coefficient (Wildman–Crippen LogP) is 3.92. The third-order valence-electron chi connectivity index (χ3n) is 8.36. The van der Waals surface area contributed by atoms with Crippen LogP contribution in [0.1, 0.15) is 47.0 Å². The Hall–Kier alpha value is -1.42. The van der Waals surface area contributed by atoms with Gasteiger partial charge in [-0.1, -0.05) is 88.4 Å². The summed E-state index contributed by atoms with van der Waals surface area (Å²) in [5.74, 6) is 2.04. The van der Waals surface area contributed by atoms with Crippen molar-refractivity contribution in [3.8, 4) is 0 Å². The molecule has 4 atom stereocenters. The Morgan fingerprint density at radius 1 is 0.964 bits per heavy atom. The summed E-state index contributed by atoms with van der Waals surface area (Å²) in [5.41, 5.74) is 7.05. The molecular formula is C25H35NOSi. The van der Waals surface area contributed by atoms with E-state index in [1.54, 1.807) is 0 Å². The molecule has 0 amide bonds. The summed E-state index contributed by atoms with van der Waals surface area (Å²) in [6, 6.07) is 21.1. The Bertz CT molecular complexity index is 777. The van der Waals surface area contributed by atoms with E-state index in [0.717, 1.165) is 29.1 Å². The third kappa shape index (κ3) is 2.82. The number of nitrogens with two attached hydrogens (primary N) is 1. The monoisotopic (exact) mass is 393 g/mol. The number of rotatable bonds is 6. The molecule has 2 bridgehead atoms. The topological polar surface area (TPSA) is 46.2 Å². The second-order valence-corrected chi connectivity index (χ2v) is 14.3. The second-order valence-electron chi connectivity index (χ2n) is 10.4. The molecule has 3 aliphatic carbocycles. The van der Waals surface area contributed by atoms with Crippen LogP contribution >= 0.6 is 0 Å². The van der Waals surface area contributed by atoms with E-state index in [2.05, 4.69) is 76.2 Å². The van der Waals surface area contributed by atoms with Crippen LogP contribution in [0.3, 0.4) is 0 Å². The first-order valence-corrected chi connectivity index (χ1v) is 12.7. The van der Waals surface area contributed by atoms with Crippen molar-refractivity contribution < 1.29 is 4.80 Å². The van der Waals surface area contributed by atoms with Crippen molar-refractivity contribution in [1.82, 2.24) is 0 Å². The van der Waals surface area contributed by atoms with E-state index in [1.807, 2.05) is 12.1 Å². The van der Waals surface area contributed by atoms with Gasteiger partial charge in [0.1, 0.15) is 0 Å². The summed E-state index contributed by atoms with van der Waals surface area (Å²) in [6.45, 7) is 9.34. The molecule has 5 rings (SSSR count). The van der Waals surface area contributed by atoms with E-state index in [-0.39, 0.29) is 5.04 Å². The SMILES string of the molecule is CC1(C)C2CC1C(CCC(C)(C)[Si](O)(c1ccccc1)c1ccccc1)C2N. The quantitative estimate of drug-likeness (QED) is 0.731.